The summed E-state index contributed by atoms with van der Waals surface area (Å²) in [5.41, 5.74) is 3.89. The SMILES string of the molecule is CCCCOc1ccc(C(=O)Nc2c(-c3cccc(Cl)c3)nc3cc(C)ccn23)cc1. The van der Waals surface area contributed by atoms with E-state index in [1.165, 1.54) is 0 Å². The van der Waals surface area contributed by atoms with E-state index < -0.39 is 0 Å². The Kier molecular flexibility index (Phi) is 6.23. The molecule has 1 N–H and O–H groups in total. The second-order valence-electron chi connectivity index (χ2n) is 7.43. The van der Waals surface area contributed by atoms with Crippen LogP contribution >= 0.6 is 11.6 Å². The quantitative estimate of drug-likeness (QED) is 0.343. The number of hydrogen-bond acceptors (Lipinski definition) is 3. The highest BCUT2D eigenvalue weighted by atomic mass is 35.5. The number of aromatic nitrogens is 2. The van der Waals surface area contributed by atoms with Crippen molar-refractivity contribution in [3.8, 4) is 17.0 Å². The Bertz CT molecular complexity index is 1220. The van der Waals surface area contributed by atoms with E-state index in [4.69, 9.17) is 21.3 Å². The molecular weight excluding hydrogens is 410 g/mol. The minimum atomic E-state index is -0.217. The molecule has 5 nitrogen and oxygen atoms in total. The van der Waals surface area contributed by atoms with Crippen molar-refractivity contribution in [2.24, 2.45) is 0 Å². The summed E-state index contributed by atoms with van der Waals surface area (Å²) in [6.45, 7) is 4.80. The maximum Gasteiger partial charge on any atom is 0.256 e. The van der Waals surface area contributed by atoms with Gasteiger partial charge >= 0.3 is 0 Å². The Morgan fingerprint density at radius 3 is 2.68 bits per heavy atom. The van der Waals surface area contributed by atoms with Crippen molar-refractivity contribution in [3.05, 3.63) is 83.0 Å². The van der Waals surface area contributed by atoms with E-state index >= 15 is 0 Å². The van der Waals surface area contributed by atoms with Crippen molar-refractivity contribution in [1.82, 2.24) is 9.38 Å². The molecule has 0 atom stereocenters. The third-order valence-corrected chi connectivity index (χ3v) is 5.23. The van der Waals surface area contributed by atoms with E-state index in [0.717, 1.165) is 35.4 Å². The highest BCUT2D eigenvalue weighted by Crippen LogP contribution is 2.31. The van der Waals surface area contributed by atoms with Crippen molar-refractivity contribution in [3.63, 3.8) is 0 Å². The number of carbonyl (C=O) groups excluding carboxylic acids is 1. The van der Waals surface area contributed by atoms with Crippen molar-refractivity contribution >= 4 is 29.0 Å². The summed E-state index contributed by atoms with van der Waals surface area (Å²) < 4.78 is 7.56. The lowest BCUT2D eigenvalue weighted by Gasteiger charge is -2.09. The van der Waals surface area contributed by atoms with Crippen LogP contribution in [-0.4, -0.2) is 21.9 Å². The van der Waals surface area contributed by atoms with Crippen molar-refractivity contribution in [1.29, 1.82) is 0 Å². The first-order chi connectivity index (χ1) is 15.0. The number of imidazole rings is 1. The molecule has 4 rings (SSSR count). The van der Waals surface area contributed by atoms with Gasteiger partial charge in [0, 0.05) is 22.3 Å². The molecule has 0 aliphatic carbocycles. The molecule has 0 spiro atoms. The van der Waals surface area contributed by atoms with E-state index in [1.807, 2.05) is 66.1 Å². The van der Waals surface area contributed by atoms with Crippen LogP contribution in [-0.2, 0) is 0 Å². The van der Waals surface area contributed by atoms with Gasteiger partial charge in [-0.05, 0) is 67.4 Å². The molecule has 0 saturated carbocycles. The molecule has 158 valence electrons. The largest absolute Gasteiger partial charge is 0.494 e. The molecule has 0 aliphatic rings. The van der Waals surface area contributed by atoms with E-state index in [0.29, 0.717) is 28.7 Å². The van der Waals surface area contributed by atoms with Gasteiger partial charge in [0.25, 0.3) is 5.91 Å². The second-order valence-corrected chi connectivity index (χ2v) is 7.87. The third-order valence-electron chi connectivity index (χ3n) is 4.99. The summed E-state index contributed by atoms with van der Waals surface area (Å²) in [5, 5.41) is 3.65. The molecule has 6 heteroatoms. The third kappa shape index (κ3) is 4.72. The van der Waals surface area contributed by atoms with Crippen LogP contribution in [0.25, 0.3) is 16.9 Å². The molecule has 2 aromatic heterocycles. The molecule has 2 aromatic carbocycles. The number of amides is 1. The number of carbonyl (C=O) groups is 1. The number of nitrogens with one attached hydrogen (secondary N) is 1. The van der Waals surface area contributed by atoms with Crippen LogP contribution in [0.1, 0.15) is 35.7 Å². The van der Waals surface area contributed by atoms with Crippen LogP contribution in [0.2, 0.25) is 5.02 Å². The lowest BCUT2D eigenvalue weighted by atomic mass is 10.1. The Hall–Kier alpha value is -3.31. The van der Waals surface area contributed by atoms with Crippen molar-refractivity contribution in [2.75, 3.05) is 11.9 Å². The number of pyridine rings is 1. The second kappa shape index (κ2) is 9.23. The van der Waals surface area contributed by atoms with Gasteiger partial charge in [0.05, 0.1) is 6.61 Å². The van der Waals surface area contributed by atoms with Crippen LogP contribution in [0, 0.1) is 6.92 Å². The smallest absolute Gasteiger partial charge is 0.256 e. The summed E-state index contributed by atoms with van der Waals surface area (Å²) in [6, 6.07) is 18.6. The molecule has 0 saturated heterocycles. The molecule has 2 heterocycles. The standard InChI is InChI=1S/C25H24ClN3O2/c1-3-4-14-31-21-10-8-18(9-11-21)25(30)28-24-23(19-6-5-7-20(26)16-19)27-22-15-17(2)12-13-29(22)24/h5-13,15-16H,3-4,14H2,1-2H3,(H,28,30). The number of nitrogens with zero attached hydrogens (tertiary/aromatic N) is 2. The summed E-state index contributed by atoms with van der Waals surface area (Å²) in [4.78, 5) is 17.8. The Balaban J connectivity index is 1.65. The van der Waals surface area contributed by atoms with Crippen LogP contribution in [0.4, 0.5) is 5.82 Å². The number of aryl methyl sites for hydroxylation is 1. The molecule has 31 heavy (non-hydrogen) atoms. The van der Waals surface area contributed by atoms with Crippen molar-refractivity contribution in [2.45, 2.75) is 26.7 Å². The zero-order valence-electron chi connectivity index (χ0n) is 17.6. The zero-order valence-corrected chi connectivity index (χ0v) is 18.3. The monoisotopic (exact) mass is 433 g/mol. The van der Waals surface area contributed by atoms with Gasteiger partial charge in [-0.1, -0.05) is 37.1 Å². The average molecular weight is 434 g/mol. The molecule has 0 aliphatic heterocycles. The minimum absolute atomic E-state index is 0.217. The number of ether oxygens (including phenoxy) is 1. The van der Waals surface area contributed by atoms with Crippen LogP contribution < -0.4 is 10.1 Å². The average Bonchev–Trinajstić information content (AvgIpc) is 3.11. The van der Waals surface area contributed by atoms with Gasteiger partial charge in [-0.2, -0.15) is 0 Å². The fourth-order valence-electron chi connectivity index (χ4n) is 3.32. The van der Waals surface area contributed by atoms with Crippen LogP contribution in [0.3, 0.4) is 0 Å². The van der Waals surface area contributed by atoms with Gasteiger partial charge in [0.15, 0.2) is 0 Å². The first-order valence-electron chi connectivity index (χ1n) is 10.3. The van der Waals surface area contributed by atoms with E-state index in [1.54, 1.807) is 12.1 Å². The highest BCUT2D eigenvalue weighted by Gasteiger charge is 2.18. The molecular formula is C25H24ClN3O2. The maximum absolute atomic E-state index is 13.0. The molecule has 4 aromatic rings. The normalized spacial score (nSPS) is 10.9. The first kappa shape index (κ1) is 20.9. The maximum atomic E-state index is 13.0. The zero-order chi connectivity index (χ0) is 21.8. The number of halogens is 1. The minimum Gasteiger partial charge on any atom is -0.494 e. The number of fused-ring (bicyclic) bond motifs is 1. The Morgan fingerprint density at radius 1 is 1.13 bits per heavy atom. The van der Waals surface area contributed by atoms with E-state index in [-0.39, 0.29) is 5.91 Å². The fraction of sp³-hybridized carbons (Fsp3) is 0.200. The lowest BCUT2D eigenvalue weighted by Crippen LogP contribution is -2.14. The van der Waals surface area contributed by atoms with Crippen LogP contribution in [0.15, 0.2) is 66.9 Å². The predicted molar refractivity (Wildman–Crippen MR) is 125 cm³/mol. The molecule has 0 radical (unpaired) electrons. The predicted octanol–water partition coefficient (Wildman–Crippen LogP) is 6.39. The molecule has 1 amide bonds. The summed E-state index contributed by atoms with van der Waals surface area (Å²) in [5.74, 6) is 1.14. The van der Waals surface area contributed by atoms with Gasteiger partial charge in [0.1, 0.15) is 22.9 Å². The molecule has 0 unspecified atom stereocenters. The van der Waals surface area contributed by atoms with Gasteiger partial charge in [-0.25, -0.2) is 4.98 Å². The fourth-order valence-corrected chi connectivity index (χ4v) is 3.51. The Labute approximate surface area is 186 Å². The first-order valence-corrected chi connectivity index (χ1v) is 10.7. The number of benzene rings is 2. The number of rotatable bonds is 7. The van der Waals surface area contributed by atoms with Gasteiger partial charge in [0.2, 0.25) is 0 Å². The highest BCUT2D eigenvalue weighted by molar-refractivity contribution is 6.30. The lowest BCUT2D eigenvalue weighted by molar-refractivity contribution is 0.102. The van der Waals surface area contributed by atoms with Crippen molar-refractivity contribution < 1.29 is 9.53 Å². The summed E-state index contributed by atoms with van der Waals surface area (Å²) >= 11 is 6.20. The number of hydrogen-bond donors (Lipinski definition) is 1. The number of unbranched alkanes of at least 4 members (excludes halogenated alkanes) is 1. The van der Waals surface area contributed by atoms with Crippen LogP contribution in [0.5, 0.6) is 5.75 Å². The van der Waals surface area contributed by atoms with E-state index in [2.05, 4.69) is 12.2 Å². The van der Waals surface area contributed by atoms with E-state index in [9.17, 15) is 4.79 Å². The summed E-state index contributed by atoms with van der Waals surface area (Å²) in [6.07, 6.45) is 3.99. The number of anilines is 1. The van der Waals surface area contributed by atoms with Gasteiger partial charge in [-0.3, -0.25) is 9.20 Å². The van der Waals surface area contributed by atoms with Gasteiger partial charge in [-0.15, -0.1) is 0 Å². The topological polar surface area (TPSA) is 55.6 Å². The summed E-state index contributed by atoms with van der Waals surface area (Å²) in [7, 11) is 0. The molecule has 0 bridgehead atoms. The van der Waals surface area contributed by atoms with Gasteiger partial charge < -0.3 is 10.1 Å². The molecule has 0 fully saturated rings. The Morgan fingerprint density at radius 2 is 1.94 bits per heavy atom.